The van der Waals surface area contributed by atoms with Crippen molar-refractivity contribution in [1.29, 1.82) is 0 Å². The second kappa shape index (κ2) is 6.50. The van der Waals surface area contributed by atoms with Gasteiger partial charge < -0.3 is 4.74 Å². The molecule has 4 heterocycles. The average Bonchev–Trinajstić information content (AvgIpc) is 3.42. The molecule has 0 spiro atoms. The second-order valence-corrected chi connectivity index (χ2v) is 6.95. The molecule has 0 fully saturated rings. The number of ether oxygens (including phenoxy) is 1. The van der Waals surface area contributed by atoms with Gasteiger partial charge >= 0.3 is 0 Å². The van der Waals surface area contributed by atoms with Crippen molar-refractivity contribution < 1.29 is 4.74 Å². The summed E-state index contributed by atoms with van der Waals surface area (Å²) < 4.78 is 8.71. The Bertz CT molecular complexity index is 1260. The lowest BCUT2D eigenvalue weighted by molar-refractivity contribution is 0.414. The smallest absolute Gasteiger partial charge is 0.235 e. The predicted octanol–water partition coefficient (Wildman–Crippen LogP) is 2.81. The maximum atomic E-state index is 5.21. The quantitative estimate of drug-likeness (QED) is 0.465. The third-order valence-electron chi connectivity index (χ3n) is 4.34. The summed E-state index contributed by atoms with van der Waals surface area (Å²) in [5.74, 6) is 1.46. The Hall–Kier alpha value is -3.66. The van der Waals surface area contributed by atoms with Crippen molar-refractivity contribution in [2.75, 3.05) is 7.11 Å². The molecular weight excluding hydrogens is 376 g/mol. The molecule has 0 saturated heterocycles. The molecule has 1 aromatic carbocycles. The molecule has 0 N–H and O–H groups in total. The lowest BCUT2D eigenvalue weighted by Gasteiger charge is -2.04. The Morgan fingerprint density at radius 2 is 1.75 bits per heavy atom. The van der Waals surface area contributed by atoms with Crippen LogP contribution in [0.1, 0.15) is 5.69 Å². The fourth-order valence-corrected chi connectivity index (χ4v) is 3.77. The van der Waals surface area contributed by atoms with Gasteiger partial charge in [-0.2, -0.15) is 9.61 Å². The fourth-order valence-electron chi connectivity index (χ4n) is 2.89. The first-order valence-corrected chi connectivity index (χ1v) is 9.26. The third kappa shape index (κ3) is 2.62. The van der Waals surface area contributed by atoms with Gasteiger partial charge in [-0.15, -0.1) is 15.3 Å². The lowest BCUT2D eigenvalue weighted by atomic mass is 10.2. The number of aromatic nitrogens is 8. The van der Waals surface area contributed by atoms with Crippen molar-refractivity contribution in [3.63, 3.8) is 0 Å². The van der Waals surface area contributed by atoms with Gasteiger partial charge in [0, 0.05) is 18.0 Å². The van der Waals surface area contributed by atoms with E-state index < -0.39 is 0 Å². The van der Waals surface area contributed by atoms with E-state index in [2.05, 4.69) is 30.6 Å². The first-order valence-electron chi connectivity index (χ1n) is 8.44. The Morgan fingerprint density at radius 1 is 0.964 bits per heavy atom. The summed E-state index contributed by atoms with van der Waals surface area (Å²) in [6.45, 7) is 1.96. The zero-order valence-electron chi connectivity index (χ0n) is 15.0. The largest absolute Gasteiger partial charge is 0.497 e. The number of nitrogens with zero attached hydrogens (tertiary/aromatic N) is 8. The van der Waals surface area contributed by atoms with Crippen LogP contribution in [-0.4, -0.2) is 46.9 Å². The molecule has 0 radical (unpaired) electrons. The van der Waals surface area contributed by atoms with Crippen LogP contribution in [-0.2, 0) is 0 Å². The summed E-state index contributed by atoms with van der Waals surface area (Å²) in [6, 6.07) is 11.4. The van der Waals surface area contributed by atoms with E-state index in [1.807, 2.05) is 43.3 Å². The van der Waals surface area contributed by atoms with Gasteiger partial charge in [0.25, 0.3) is 0 Å². The van der Waals surface area contributed by atoms with Crippen LogP contribution in [0.5, 0.6) is 5.75 Å². The molecule has 0 bridgehead atoms. The van der Waals surface area contributed by atoms with Gasteiger partial charge in [-0.05, 0) is 43.3 Å². The molecule has 0 aliphatic rings. The maximum Gasteiger partial charge on any atom is 0.235 e. The number of fused-ring (bicyclic) bond motifs is 1. The van der Waals surface area contributed by atoms with Gasteiger partial charge in [-0.3, -0.25) is 4.98 Å². The van der Waals surface area contributed by atoms with E-state index in [1.165, 1.54) is 11.3 Å². The molecule has 9 nitrogen and oxygen atoms in total. The van der Waals surface area contributed by atoms with E-state index >= 15 is 0 Å². The van der Waals surface area contributed by atoms with Crippen LogP contribution in [0.25, 0.3) is 32.7 Å². The number of methoxy groups -OCH3 is 1. The highest BCUT2D eigenvalue weighted by atomic mass is 32.1. The van der Waals surface area contributed by atoms with Crippen molar-refractivity contribution in [1.82, 2.24) is 39.8 Å². The lowest BCUT2D eigenvalue weighted by Crippen LogP contribution is -1.99. The zero-order valence-corrected chi connectivity index (χ0v) is 15.8. The molecule has 0 unspecified atom stereocenters. The number of pyridine rings is 1. The highest BCUT2D eigenvalue weighted by Crippen LogP contribution is 2.29. The minimum absolute atomic E-state index is 0.667. The Kier molecular flexibility index (Phi) is 3.83. The molecule has 10 heteroatoms. The SMILES string of the molecule is COc1ccc(-n2nnc(-c3nn4c(-c5ccncc5)nnc4s3)c2C)cc1. The van der Waals surface area contributed by atoms with E-state index in [0.717, 1.165) is 27.7 Å². The Labute approximate surface area is 163 Å². The number of hydrogen-bond acceptors (Lipinski definition) is 8. The van der Waals surface area contributed by atoms with Crippen molar-refractivity contribution in [3.8, 4) is 33.5 Å². The molecule has 5 aromatic rings. The van der Waals surface area contributed by atoms with Crippen molar-refractivity contribution in [2.24, 2.45) is 0 Å². The highest BCUT2D eigenvalue weighted by molar-refractivity contribution is 7.19. The minimum atomic E-state index is 0.667. The highest BCUT2D eigenvalue weighted by Gasteiger charge is 2.19. The van der Waals surface area contributed by atoms with Crippen LogP contribution in [0.15, 0.2) is 48.8 Å². The molecule has 0 amide bonds. The zero-order chi connectivity index (χ0) is 19.1. The van der Waals surface area contributed by atoms with Crippen molar-refractivity contribution in [3.05, 3.63) is 54.5 Å². The molecule has 0 atom stereocenters. The minimum Gasteiger partial charge on any atom is -0.497 e. The summed E-state index contributed by atoms with van der Waals surface area (Å²) >= 11 is 1.42. The van der Waals surface area contributed by atoms with Gasteiger partial charge in [-0.25, -0.2) is 4.68 Å². The summed E-state index contributed by atoms with van der Waals surface area (Å²) in [5.41, 5.74) is 3.41. The first kappa shape index (κ1) is 16.5. The van der Waals surface area contributed by atoms with E-state index in [1.54, 1.807) is 28.7 Å². The van der Waals surface area contributed by atoms with Gasteiger partial charge in [0.1, 0.15) is 11.4 Å². The van der Waals surface area contributed by atoms with E-state index in [9.17, 15) is 0 Å². The van der Waals surface area contributed by atoms with Crippen molar-refractivity contribution in [2.45, 2.75) is 6.92 Å². The number of hydrogen-bond donors (Lipinski definition) is 0. The Balaban J connectivity index is 1.56. The van der Waals surface area contributed by atoms with Gasteiger partial charge in [0.05, 0.1) is 18.5 Å². The molecule has 5 rings (SSSR count). The molecule has 138 valence electrons. The summed E-state index contributed by atoms with van der Waals surface area (Å²) in [6.07, 6.45) is 3.43. The molecule has 0 saturated carbocycles. The van der Waals surface area contributed by atoms with Crippen LogP contribution in [0.2, 0.25) is 0 Å². The second-order valence-electron chi connectivity index (χ2n) is 5.99. The van der Waals surface area contributed by atoms with E-state index in [-0.39, 0.29) is 0 Å². The fraction of sp³-hybridized carbons (Fsp3) is 0.111. The summed E-state index contributed by atoms with van der Waals surface area (Å²) in [7, 11) is 1.64. The van der Waals surface area contributed by atoms with Crippen molar-refractivity contribution >= 4 is 16.3 Å². The van der Waals surface area contributed by atoms with E-state index in [0.29, 0.717) is 16.5 Å². The Morgan fingerprint density at radius 3 is 2.50 bits per heavy atom. The normalized spacial score (nSPS) is 11.2. The predicted molar refractivity (Wildman–Crippen MR) is 104 cm³/mol. The van der Waals surface area contributed by atoms with Gasteiger partial charge in [0.15, 0.2) is 10.8 Å². The molecule has 0 aliphatic heterocycles. The van der Waals surface area contributed by atoms with Crippen LogP contribution in [0.3, 0.4) is 0 Å². The van der Waals surface area contributed by atoms with Gasteiger partial charge in [0.2, 0.25) is 4.96 Å². The summed E-state index contributed by atoms with van der Waals surface area (Å²) in [4.78, 5) is 4.73. The first-order chi connectivity index (χ1) is 13.7. The number of rotatable bonds is 4. The van der Waals surface area contributed by atoms with Crippen LogP contribution in [0.4, 0.5) is 0 Å². The molecule has 4 aromatic heterocycles. The average molecular weight is 390 g/mol. The molecular formula is C18H14N8OS. The third-order valence-corrected chi connectivity index (χ3v) is 5.25. The van der Waals surface area contributed by atoms with Crippen LogP contribution < -0.4 is 4.74 Å². The number of benzene rings is 1. The molecule has 28 heavy (non-hydrogen) atoms. The summed E-state index contributed by atoms with van der Waals surface area (Å²) in [5, 5.41) is 22.5. The maximum absolute atomic E-state index is 5.21. The topological polar surface area (TPSA) is 95.9 Å². The monoisotopic (exact) mass is 390 g/mol. The van der Waals surface area contributed by atoms with Crippen LogP contribution >= 0.6 is 11.3 Å². The molecule has 0 aliphatic carbocycles. The van der Waals surface area contributed by atoms with E-state index in [4.69, 9.17) is 4.74 Å². The van der Waals surface area contributed by atoms with Crippen LogP contribution in [0, 0.1) is 6.92 Å². The van der Waals surface area contributed by atoms with Gasteiger partial charge in [-0.1, -0.05) is 16.6 Å². The standard InChI is InChI=1S/C18H14N8OS/c1-11-15(20-24-25(11)13-3-5-14(27-2)6-4-13)17-23-26-16(21-22-18(26)28-17)12-7-9-19-10-8-12/h3-10H,1-2H3.